The van der Waals surface area contributed by atoms with Crippen molar-refractivity contribution in [2.45, 2.75) is 6.92 Å². The van der Waals surface area contributed by atoms with Gasteiger partial charge in [0.15, 0.2) is 0 Å². The molecular weight excluding hydrogens is 406 g/mol. The molecule has 27 heavy (non-hydrogen) atoms. The Kier molecular flexibility index (Phi) is 6.28. The molecule has 0 spiro atoms. The van der Waals surface area contributed by atoms with Crippen LogP contribution in [0.15, 0.2) is 52.5 Å². The molecule has 1 N–H and O–H groups in total. The Bertz CT molecular complexity index is 895. The average molecular weight is 426 g/mol. The lowest BCUT2D eigenvalue weighted by atomic mass is 10.0. The van der Waals surface area contributed by atoms with Crippen molar-refractivity contribution in [1.29, 1.82) is 5.26 Å². The summed E-state index contributed by atoms with van der Waals surface area (Å²) in [5.74, 6) is -0.420. The molecule has 5 nitrogen and oxygen atoms in total. The zero-order valence-electron chi connectivity index (χ0n) is 15.0. The molecule has 0 saturated carbocycles. The van der Waals surface area contributed by atoms with E-state index in [-0.39, 0.29) is 5.57 Å². The van der Waals surface area contributed by atoms with Crippen LogP contribution < -0.4 is 10.2 Å². The molecule has 0 aliphatic carbocycles. The molecule has 2 aromatic carbocycles. The van der Waals surface area contributed by atoms with Crippen molar-refractivity contribution in [2.24, 2.45) is 0 Å². The number of morpholine rings is 1. The summed E-state index contributed by atoms with van der Waals surface area (Å²) in [7, 11) is 0. The number of anilines is 2. The topological polar surface area (TPSA) is 65.4 Å². The lowest BCUT2D eigenvalue weighted by Crippen LogP contribution is -2.36. The molecule has 6 heteroatoms. The van der Waals surface area contributed by atoms with Crippen LogP contribution in [0.25, 0.3) is 6.08 Å². The first kappa shape index (κ1) is 19.2. The number of rotatable bonds is 4. The second kappa shape index (κ2) is 8.85. The number of carbonyl (C=O) groups excluding carboxylic acids is 1. The van der Waals surface area contributed by atoms with Crippen LogP contribution in [0.1, 0.15) is 11.1 Å². The second-order valence-electron chi connectivity index (χ2n) is 6.27. The number of halogens is 1. The predicted molar refractivity (Wildman–Crippen MR) is 111 cm³/mol. The third-order valence-corrected chi connectivity index (χ3v) is 4.93. The molecule has 1 saturated heterocycles. The predicted octanol–water partition coefficient (Wildman–Crippen LogP) is 4.14. The van der Waals surface area contributed by atoms with Crippen LogP contribution in [0.2, 0.25) is 0 Å². The minimum absolute atomic E-state index is 0.0696. The third kappa shape index (κ3) is 4.97. The van der Waals surface area contributed by atoms with Gasteiger partial charge in [-0.2, -0.15) is 5.26 Å². The summed E-state index contributed by atoms with van der Waals surface area (Å²) in [5, 5.41) is 12.2. The molecule has 138 valence electrons. The van der Waals surface area contributed by atoms with Gasteiger partial charge in [0, 0.05) is 28.9 Å². The van der Waals surface area contributed by atoms with E-state index in [4.69, 9.17) is 4.74 Å². The lowest BCUT2D eigenvalue weighted by molar-refractivity contribution is -0.112. The number of nitrogens with zero attached hydrogens (tertiary/aromatic N) is 2. The molecule has 0 atom stereocenters. The molecule has 1 fully saturated rings. The SMILES string of the molecule is Cc1cc(N2CCOCC2)ccc1/C=C(/C#N)C(=O)Nc1ccc(Br)cc1. The van der Waals surface area contributed by atoms with Crippen LogP contribution in [-0.4, -0.2) is 32.2 Å². The smallest absolute Gasteiger partial charge is 0.266 e. The van der Waals surface area contributed by atoms with Gasteiger partial charge in [-0.1, -0.05) is 22.0 Å². The molecule has 1 amide bonds. The van der Waals surface area contributed by atoms with E-state index in [0.29, 0.717) is 5.69 Å². The summed E-state index contributed by atoms with van der Waals surface area (Å²) in [6.07, 6.45) is 1.63. The van der Waals surface area contributed by atoms with Crippen LogP contribution in [-0.2, 0) is 9.53 Å². The van der Waals surface area contributed by atoms with Crippen molar-refractivity contribution in [3.63, 3.8) is 0 Å². The third-order valence-electron chi connectivity index (χ3n) is 4.40. The minimum Gasteiger partial charge on any atom is -0.378 e. The summed E-state index contributed by atoms with van der Waals surface area (Å²) in [6.45, 7) is 5.18. The first-order valence-corrected chi connectivity index (χ1v) is 9.48. The molecule has 0 radical (unpaired) electrons. The Labute approximate surface area is 167 Å². The van der Waals surface area contributed by atoms with Gasteiger partial charge in [-0.3, -0.25) is 4.79 Å². The van der Waals surface area contributed by atoms with E-state index in [1.807, 2.05) is 37.3 Å². The van der Waals surface area contributed by atoms with E-state index in [1.165, 1.54) is 0 Å². The first-order chi connectivity index (χ1) is 13.1. The van der Waals surface area contributed by atoms with Gasteiger partial charge in [0.2, 0.25) is 0 Å². The zero-order valence-corrected chi connectivity index (χ0v) is 16.6. The van der Waals surface area contributed by atoms with E-state index >= 15 is 0 Å². The molecule has 1 aliphatic rings. The van der Waals surface area contributed by atoms with E-state index in [9.17, 15) is 10.1 Å². The Morgan fingerprint density at radius 2 is 1.93 bits per heavy atom. The molecular formula is C21H20BrN3O2. The summed E-state index contributed by atoms with van der Waals surface area (Å²) in [5.41, 5.74) is 3.72. The number of benzene rings is 2. The van der Waals surface area contributed by atoms with Crippen LogP contribution >= 0.6 is 15.9 Å². The maximum Gasteiger partial charge on any atom is 0.266 e. The number of hydrogen-bond acceptors (Lipinski definition) is 4. The van der Waals surface area contributed by atoms with E-state index in [0.717, 1.165) is 47.6 Å². The minimum atomic E-state index is -0.420. The Morgan fingerprint density at radius 1 is 1.22 bits per heavy atom. The Balaban J connectivity index is 1.77. The standard InChI is InChI=1S/C21H20BrN3O2/c1-15-12-20(25-8-10-27-11-9-25)7-2-16(15)13-17(14-23)21(26)24-19-5-3-18(22)4-6-19/h2-7,12-13H,8-11H2,1H3,(H,24,26)/b17-13-. The number of amides is 1. The molecule has 1 heterocycles. The van der Waals surface area contributed by atoms with Crippen molar-refractivity contribution >= 4 is 39.3 Å². The van der Waals surface area contributed by atoms with Gasteiger partial charge in [-0.15, -0.1) is 0 Å². The highest BCUT2D eigenvalue weighted by molar-refractivity contribution is 9.10. The number of nitrogens with one attached hydrogen (secondary N) is 1. The van der Waals surface area contributed by atoms with Crippen molar-refractivity contribution in [2.75, 3.05) is 36.5 Å². The number of ether oxygens (including phenoxy) is 1. The fourth-order valence-electron chi connectivity index (χ4n) is 2.88. The highest BCUT2D eigenvalue weighted by Gasteiger charge is 2.13. The summed E-state index contributed by atoms with van der Waals surface area (Å²) in [6, 6.07) is 15.3. The van der Waals surface area contributed by atoms with E-state index in [1.54, 1.807) is 18.2 Å². The van der Waals surface area contributed by atoms with Crippen molar-refractivity contribution in [3.8, 4) is 6.07 Å². The Hall–Kier alpha value is -2.62. The van der Waals surface area contributed by atoms with Crippen LogP contribution in [0, 0.1) is 18.3 Å². The Morgan fingerprint density at radius 3 is 2.56 bits per heavy atom. The quantitative estimate of drug-likeness (QED) is 0.590. The summed E-state index contributed by atoms with van der Waals surface area (Å²) < 4.78 is 6.31. The normalized spacial score (nSPS) is 14.6. The van der Waals surface area contributed by atoms with Gasteiger partial charge >= 0.3 is 0 Å². The van der Waals surface area contributed by atoms with Gasteiger partial charge in [0.05, 0.1) is 13.2 Å². The summed E-state index contributed by atoms with van der Waals surface area (Å²) in [4.78, 5) is 14.7. The maximum atomic E-state index is 12.4. The van der Waals surface area contributed by atoms with Crippen LogP contribution in [0.4, 0.5) is 11.4 Å². The van der Waals surface area contributed by atoms with Gasteiger partial charge < -0.3 is 15.0 Å². The average Bonchev–Trinajstić information content (AvgIpc) is 2.69. The van der Waals surface area contributed by atoms with Gasteiger partial charge in [-0.05, 0) is 60.5 Å². The van der Waals surface area contributed by atoms with Crippen molar-refractivity contribution in [1.82, 2.24) is 0 Å². The molecule has 3 rings (SSSR count). The molecule has 0 aromatic heterocycles. The van der Waals surface area contributed by atoms with Gasteiger partial charge in [0.25, 0.3) is 5.91 Å². The number of hydrogen-bond donors (Lipinski definition) is 1. The lowest BCUT2D eigenvalue weighted by Gasteiger charge is -2.29. The first-order valence-electron chi connectivity index (χ1n) is 8.69. The van der Waals surface area contributed by atoms with Gasteiger partial charge in [0.1, 0.15) is 11.6 Å². The van der Waals surface area contributed by atoms with E-state index in [2.05, 4.69) is 32.2 Å². The maximum absolute atomic E-state index is 12.4. The fraction of sp³-hybridized carbons (Fsp3) is 0.238. The number of aryl methyl sites for hydroxylation is 1. The zero-order chi connectivity index (χ0) is 19.2. The number of nitriles is 1. The highest BCUT2D eigenvalue weighted by atomic mass is 79.9. The monoisotopic (exact) mass is 425 g/mol. The van der Waals surface area contributed by atoms with Crippen molar-refractivity contribution in [3.05, 3.63) is 63.6 Å². The summed E-state index contributed by atoms with van der Waals surface area (Å²) >= 11 is 3.35. The van der Waals surface area contributed by atoms with Crippen LogP contribution in [0.5, 0.6) is 0 Å². The van der Waals surface area contributed by atoms with Crippen LogP contribution in [0.3, 0.4) is 0 Å². The second-order valence-corrected chi connectivity index (χ2v) is 7.19. The molecule has 0 bridgehead atoms. The molecule has 1 aliphatic heterocycles. The molecule has 2 aromatic rings. The highest BCUT2D eigenvalue weighted by Crippen LogP contribution is 2.22. The van der Waals surface area contributed by atoms with E-state index < -0.39 is 5.91 Å². The largest absolute Gasteiger partial charge is 0.378 e. The number of carbonyl (C=O) groups is 1. The fourth-order valence-corrected chi connectivity index (χ4v) is 3.14. The van der Waals surface area contributed by atoms with Crippen molar-refractivity contribution < 1.29 is 9.53 Å². The van der Waals surface area contributed by atoms with Gasteiger partial charge in [-0.25, -0.2) is 0 Å². The molecule has 0 unspecified atom stereocenters.